The maximum Gasteiger partial charge on any atom is 0.235 e. The highest BCUT2D eigenvalue weighted by Crippen LogP contribution is 2.52. The highest BCUT2D eigenvalue weighted by atomic mass is 32.1. The van der Waals surface area contributed by atoms with Crippen molar-refractivity contribution in [2.75, 3.05) is 0 Å². The van der Waals surface area contributed by atoms with Crippen LogP contribution in [0.1, 0.15) is 25.0 Å². The summed E-state index contributed by atoms with van der Waals surface area (Å²) < 4.78 is 4.85. The Hall–Kier alpha value is -6.88. The molecule has 0 atom stereocenters. The highest BCUT2D eigenvalue weighted by Gasteiger charge is 2.37. The minimum atomic E-state index is -0.122. The molecule has 0 spiro atoms. The second-order valence-corrected chi connectivity index (χ2v) is 16.8. The molecule has 0 saturated heterocycles. The zero-order chi connectivity index (χ0) is 37.8. The molecule has 1 aliphatic rings. The third-order valence-corrected chi connectivity index (χ3v) is 13.4. The second-order valence-electron chi connectivity index (χ2n) is 15.7. The van der Waals surface area contributed by atoms with Gasteiger partial charge in [0.1, 0.15) is 0 Å². The first-order valence-electron chi connectivity index (χ1n) is 19.6. The molecule has 268 valence electrons. The van der Waals surface area contributed by atoms with Gasteiger partial charge in [-0.3, -0.25) is 4.57 Å². The van der Waals surface area contributed by atoms with Gasteiger partial charge in [-0.05, 0) is 68.8 Å². The van der Waals surface area contributed by atoms with Crippen molar-refractivity contribution < 1.29 is 0 Å². The normalized spacial score (nSPS) is 13.2. The molecule has 12 rings (SSSR count). The average Bonchev–Trinajstić information content (AvgIpc) is 3.89. The Kier molecular flexibility index (Phi) is 6.85. The van der Waals surface area contributed by atoms with Gasteiger partial charge in [-0.1, -0.05) is 166 Å². The monoisotopic (exact) mass is 745 g/mol. The van der Waals surface area contributed by atoms with E-state index < -0.39 is 0 Å². The molecule has 0 bridgehead atoms. The van der Waals surface area contributed by atoms with Gasteiger partial charge in [0.25, 0.3) is 0 Å². The zero-order valence-corrected chi connectivity index (χ0v) is 32.3. The van der Waals surface area contributed by atoms with Gasteiger partial charge in [-0.15, -0.1) is 11.3 Å². The van der Waals surface area contributed by atoms with Crippen molar-refractivity contribution in [3.8, 4) is 50.6 Å². The molecule has 57 heavy (non-hydrogen) atoms. The summed E-state index contributed by atoms with van der Waals surface area (Å²) in [6.07, 6.45) is 0. The Labute approximate surface area is 334 Å². The van der Waals surface area contributed by atoms with Crippen molar-refractivity contribution in [2.45, 2.75) is 19.3 Å². The first-order chi connectivity index (χ1) is 28.0. The fourth-order valence-electron chi connectivity index (χ4n) is 9.58. The number of fused-ring (bicyclic) bond motifs is 11. The molecule has 11 aromatic rings. The lowest BCUT2D eigenvalue weighted by Gasteiger charge is -2.24. The molecule has 0 aliphatic heterocycles. The van der Waals surface area contributed by atoms with E-state index in [2.05, 4.69) is 194 Å². The van der Waals surface area contributed by atoms with Crippen LogP contribution in [-0.4, -0.2) is 14.5 Å². The van der Waals surface area contributed by atoms with Crippen LogP contribution in [0.5, 0.6) is 0 Å². The molecular weight excluding hydrogens is 711 g/mol. The predicted molar refractivity (Wildman–Crippen MR) is 241 cm³/mol. The van der Waals surface area contributed by atoms with E-state index in [9.17, 15) is 0 Å². The fourth-order valence-corrected chi connectivity index (χ4v) is 10.8. The summed E-state index contributed by atoms with van der Waals surface area (Å²) in [6.45, 7) is 4.74. The lowest BCUT2D eigenvalue weighted by Crippen LogP contribution is -2.16. The Morgan fingerprint density at radius 1 is 0.474 bits per heavy atom. The van der Waals surface area contributed by atoms with E-state index in [0.29, 0.717) is 5.95 Å². The standard InChI is InChI=1S/C53H35N3S/c1-53(2)44-20-9-6-15-37(44)39-19-12-18-36(48(39)53)35-27-30-46-43(31-35)40-28-29-41-38-16-8-11-22-47(38)57-51(41)50(40)56(46)52-54-45-21-10-7-17-42(45)49(55-52)34-25-23-33(24-26-34)32-13-4-3-5-14-32/h3-31H,1-2H3. The SMILES string of the molecule is CC1(C)c2ccccc2-c2cccc(-c3ccc4c(c3)c3ccc5c6ccccc6sc5c3n4-c3nc(-c4ccc(-c5ccccc5)cc4)c4ccccc4n3)c21. The van der Waals surface area contributed by atoms with Crippen molar-refractivity contribution in [3.05, 3.63) is 187 Å². The van der Waals surface area contributed by atoms with Crippen molar-refractivity contribution in [1.82, 2.24) is 14.5 Å². The summed E-state index contributed by atoms with van der Waals surface area (Å²) in [5.74, 6) is 0.672. The van der Waals surface area contributed by atoms with E-state index in [-0.39, 0.29) is 5.41 Å². The van der Waals surface area contributed by atoms with Crippen LogP contribution in [-0.2, 0) is 5.41 Å². The van der Waals surface area contributed by atoms with Gasteiger partial charge in [-0.25, -0.2) is 9.97 Å². The van der Waals surface area contributed by atoms with E-state index in [1.165, 1.54) is 75.5 Å². The predicted octanol–water partition coefficient (Wildman–Crippen LogP) is 14.4. The zero-order valence-electron chi connectivity index (χ0n) is 31.5. The van der Waals surface area contributed by atoms with Crippen LogP contribution in [0.4, 0.5) is 0 Å². The largest absolute Gasteiger partial charge is 0.276 e. The average molecular weight is 746 g/mol. The molecule has 1 aliphatic carbocycles. The number of aromatic nitrogens is 3. The third kappa shape index (κ3) is 4.71. The summed E-state index contributed by atoms with van der Waals surface area (Å²) in [4.78, 5) is 10.9. The molecule has 0 N–H and O–H groups in total. The minimum absolute atomic E-state index is 0.122. The maximum absolute atomic E-state index is 5.50. The van der Waals surface area contributed by atoms with Crippen LogP contribution in [0.2, 0.25) is 0 Å². The van der Waals surface area contributed by atoms with Gasteiger partial charge < -0.3 is 0 Å². The van der Waals surface area contributed by atoms with Gasteiger partial charge in [-0.2, -0.15) is 0 Å². The summed E-state index contributed by atoms with van der Waals surface area (Å²) in [5.41, 5.74) is 15.3. The molecule has 3 aromatic heterocycles. The van der Waals surface area contributed by atoms with E-state index >= 15 is 0 Å². The van der Waals surface area contributed by atoms with E-state index in [0.717, 1.165) is 33.2 Å². The Bertz CT molecular complexity index is 3420. The van der Waals surface area contributed by atoms with E-state index in [1.54, 1.807) is 0 Å². The van der Waals surface area contributed by atoms with Crippen molar-refractivity contribution in [1.29, 1.82) is 0 Å². The number of hydrogen-bond acceptors (Lipinski definition) is 3. The van der Waals surface area contributed by atoms with Crippen LogP contribution >= 0.6 is 11.3 Å². The quantitative estimate of drug-likeness (QED) is 0.180. The molecule has 0 fully saturated rings. The number of benzene rings is 8. The van der Waals surface area contributed by atoms with Gasteiger partial charge >= 0.3 is 0 Å². The van der Waals surface area contributed by atoms with Crippen molar-refractivity contribution in [2.24, 2.45) is 0 Å². The Balaban J connectivity index is 1.13. The fraction of sp³-hybridized carbons (Fsp3) is 0.0566. The van der Waals surface area contributed by atoms with Crippen LogP contribution in [0.25, 0.3) is 103 Å². The number of hydrogen-bond donors (Lipinski definition) is 0. The molecular formula is C53H35N3S. The van der Waals surface area contributed by atoms with E-state index in [4.69, 9.17) is 9.97 Å². The van der Waals surface area contributed by atoms with Crippen LogP contribution in [0, 0.1) is 0 Å². The molecule has 4 heteroatoms. The first kappa shape index (κ1) is 32.4. The number of thiophene rings is 1. The van der Waals surface area contributed by atoms with Crippen molar-refractivity contribution in [3.63, 3.8) is 0 Å². The number of rotatable bonds is 4. The topological polar surface area (TPSA) is 30.7 Å². The van der Waals surface area contributed by atoms with E-state index in [1.807, 2.05) is 11.3 Å². The Morgan fingerprint density at radius 2 is 1.14 bits per heavy atom. The summed E-state index contributed by atoms with van der Waals surface area (Å²) in [5, 5.41) is 5.96. The summed E-state index contributed by atoms with van der Waals surface area (Å²) >= 11 is 1.85. The summed E-state index contributed by atoms with van der Waals surface area (Å²) in [6, 6.07) is 63.8. The molecule has 0 radical (unpaired) electrons. The Morgan fingerprint density at radius 3 is 2.02 bits per heavy atom. The third-order valence-electron chi connectivity index (χ3n) is 12.2. The minimum Gasteiger partial charge on any atom is -0.276 e. The molecule has 0 saturated carbocycles. The lowest BCUT2D eigenvalue weighted by atomic mass is 9.79. The summed E-state index contributed by atoms with van der Waals surface area (Å²) in [7, 11) is 0. The van der Waals surface area contributed by atoms with Gasteiger partial charge in [0.2, 0.25) is 5.95 Å². The maximum atomic E-state index is 5.50. The highest BCUT2D eigenvalue weighted by molar-refractivity contribution is 7.26. The molecule has 3 nitrogen and oxygen atoms in total. The first-order valence-corrected chi connectivity index (χ1v) is 20.4. The number of nitrogens with zero attached hydrogens (tertiary/aromatic N) is 3. The molecule has 3 heterocycles. The van der Waals surface area contributed by atoms with Crippen molar-refractivity contribution >= 4 is 64.2 Å². The lowest BCUT2D eigenvalue weighted by molar-refractivity contribution is 0.662. The number of para-hydroxylation sites is 1. The molecule has 0 amide bonds. The molecule has 8 aromatic carbocycles. The second kappa shape index (κ2) is 12.1. The van der Waals surface area contributed by atoms with Gasteiger partial charge in [0.15, 0.2) is 0 Å². The van der Waals surface area contributed by atoms with Gasteiger partial charge in [0, 0.05) is 42.6 Å². The van der Waals surface area contributed by atoms with Gasteiger partial charge in [0.05, 0.1) is 26.9 Å². The van der Waals surface area contributed by atoms with Crippen LogP contribution in [0.3, 0.4) is 0 Å². The molecule has 0 unspecified atom stereocenters. The van der Waals surface area contributed by atoms with Crippen LogP contribution < -0.4 is 0 Å². The smallest absolute Gasteiger partial charge is 0.235 e. The van der Waals surface area contributed by atoms with Crippen LogP contribution in [0.15, 0.2) is 176 Å².